The van der Waals surface area contributed by atoms with Crippen LogP contribution >= 0.6 is 0 Å². The van der Waals surface area contributed by atoms with Gasteiger partial charge in [-0.15, -0.1) is 0 Å². The van der Waals surface area contributed by atoms with Gasteiger partial charge in [-0.2, -0.15) is 4.98 Å². The Bertz CT molecular complexity index is 603. The van der Waals surface area contributed by atoms with E-state index in [9.17, 15) is 4.79 Å². The van der Waals surface area contributed by atoms with Crippen LogP contribution in [0, 0.1) is 0 Å². The Kier molecular flexibility index (Phi) is 5.45. The first-order valence-corrected chi connectivity index (χ1v) is 6.88. The Labute approximate surface area is 123 Å². The Balaban J connectivity index is 1.80. The molecule has 0 N–H and O–H groups in total. The van der Waals surface area contributed by atoms with Gasteiger partial charge in [0, 0.05) is 18.1 Å². The molecule has 0 radical (unpaired) electrons. The van der Waals surface area contributed by atoms with Gasteiger partial charge in [0.25, 0.3) is 0 Å². The number of nitrogens with zero attached hydrogens (tertiary/aromatic N) is 3. The molecule has 0 fully saturated rings. The number of rotatable bonds is 7. The number of ether oxygens (including phenoxy) is 2. The quantitative estimate of drug-likeness (QED) is 0.720. The van der Waals surface area contributed by atoms with Crippen LogP contribution in [-0.2, 0) is 9.53 Å². The van der Waals surface area contributed by atoms with Crippen LogP contribution in [0.4, 0.5) is 0 Å². The summed E-state index contributed by atoms with van der Waals surface area (Å²) in [6, 6.07) is 8.07. The second-order valence-electron chi connectivity index (χ2n) is 4.60. The number of hydrogen-bond acceptors (Lipinski definition) is 6. The maximum absolute atomic E-state index is 11.3. The minimum Gasteiger partial charge on any atom is -0.465 e. The highest BCUT2D eigenvalue weighted by Gasteiger charge is 2.07. The van der Waals surface area contributed by atoms with Crippen LogP contribution in [0.25, 0.3) is 10.9 Å². The summed E-state index contributed by atoms with van der Waals surface area (Å²) in [5.41, 5.74) is 0.849. The van der Waals surface area contributed by atoms with E-state index in [1.165, 1.54) is 0 Å². The smallest absolute Gasteiger partial charge is 0.320 e. The molecule has 6 nitrogen and oxygen atoms in total. The van der Waals surface area contributed by atoms with E-state index < -0.39 is 0 Å². The number of carbonyl (C=O) groups is 1. The summed E-state index contributed by atoms with van der Waals surface area (Å²) in [6.45, 7) is 3.44. The van der Waals surface area contributed by atoms with Crippen molar-refractivity contribution in [1.82, 2.24) is 14.9 Å². The zero-order chi connectivity index (χ0) is 15.1. The Morgan fingerprint density at radius 3 is 2.95 bits per heavy atom. The van der Waals surface area contributed by atoms with Crippen molar-refractivity contribution in [2.45, 2.75) is 6.92 Å². The Hall–Kier alpha value is -2.21. The number of fused-ring (bicyclic) bond motifs is 1. The number of para-hydroxylation sites is 1. The van der Waals surface area contributed by atoms with Gasteiger partial charge >= 0.3 is 12.0 Å². The molecule has 0 aliphatic heterocycles. The first-order valence-electron chi connectivity index (χ1n) is 6.88. The molecular weight excluding hydrogens is 270 g/mol. The first-order chi connectivity index (χ1) is 10.2. The second kappa shape index (κ2) is 7.54. The molecular formula is C15H19N3O3. The minimum absolute atomic E-state index is 0.234. The molecule has 0 atom stereocenters. The third-order valence-corrected chi connectivity index (χ3v) is 2.88. The van der Waals surface area contributed by atoms with Crippen molar-refractivity contribution in [2.24, 2.45) is 0 Å². The molecule has 0 amide bonds. The number of esters is 1. The molecule has 0 aliphatic rings. The number of carbonyl (C=O) groups excluding carboxylic acids is 1. The molecule has 0 unspecified atom stereocenters. The van der Waals surface area contributed by atoms with E-state index in [1.54, 1.807) is 13.1 Å². The fourth-order valence-electron chi connectivity index (χ4n) is 1.82. The van der Waals surface area contributed by atoms with Gasteiger partial charge in [-0.1, -0.05) is 18.2 Å². The van der Waals surface area contributed by atoms with E-state index in [0.29, 0.717) is 25.8 Å². The zero-order valence-corrected chi connectivity index (χ0v) is 12.3. The van der Waals surface area contributed by atoms with Gasteiger partial charge in [0.2, 0.25) is 0 Å². The third-order valence-electron chi connectivity index (χ3n) is 2.88. The van der Waals surface area contributed by atoms with E-state index in [4.69, 9.17) is 9.47 Å². The van der Waals surface area contributed by atoms with Gasteiger partial charge in [0.15, 0.2) is 0 Å². The summed E-state index contributed by atoms with van der Waals surface area (Å²) in [7, 11) is 1.83. The average Bonchev–Trinajstić information content (AvgIpc) is 2.47. The molecule has 0 saturated heterocycles. The molecule has 21 heavy (non-hydrogen) atoms. The zero-order valence-electron chi connectivity index (χ0n) is 12.3. The van der Waals surface area contributed by atoms with Gasteiger partial charge < -0.3 is 9.47 Å². The largest absolute Gasteiger partial charge is 0.465 e. The molecule has 112 valence electrons. The first kappa shape index (κ1) is 15.2. The van der Waals surface area contributed by atoms with Crippen LogP contribution in [0.1, 0.15) is 6.92 Å². The van der Waals surface area contributed by atoms with Crippen LogP contribution in [-0.4, -0.2) is 54.2 Å². The van der Waals surface area contributed by atoms with Gasteiger partial charge in [0.1, 0.15) is 6.61 Å². The molecule has 0 spiro atoms. The lowest BCUT2D eigenvalue weighted by Gasteiger charge is -2.15. The van der Waals surface area contributed by atoms with Gasteiger partial charge in [0.05, 0.1) is 18.7 Å². The van der Waals surface area contributed by atoms with Crippen LogP contribution in [0.2, 0.25) is 0 Å². The third kappa shape index (κ3) is 4.68. The van der Waals surface area contributed by atoms with Gasteiger partial charge in [-0.05, 0) is 20.0 Å². The second-order valence-corrected chi connectivity index (χ2v) is 4.60. The van der Waals surface area contributed by atoms with Crippen molar-refractivity contribution >= 4 is 16.9 Å². The standard InChI is InChI=1S/C15H19N3O3/c1-3-20-14(19)11-18(2)8-9-21-15-16-10-12-6-4-5-7-13(12)17-15/h4-7,10H,3,8-9,11H2,1-2H3. The molecule has 0 bridgehead atoms. The summed E-state index contributed by atoms with van der Waals surface area (Å²) in [5.74, 6) is -0.234. The van der Waals surface area contributed by atoms with Crippen LogP contribution in [0.5, 0.6) is 6.01 Å². The highest BCUT2D eigenvalue weighted by Crippen LogP contribution is 2.12. The SMILES string of the molecule is CCOC(=O)CN(C)CCOc1ncc2ccccc2n1. The monoisotopic (exact) mass is 289 g/mol. The van der Waals surface area contributed by atoms with Crippen molar-refractivity contribution < 1.29 is 14.3 Å². The normalized spacial score (nSPS) is 10.8. The highest BCUT2D eigenvalue weighted by molar-refractivity contribution is 5.77. The van der Waals surface area contributed by atoms with Crippen LogP contribution in [0.3, 0.4) is 0 Å². The van der Waals surface area contributed by atoms with E-state index in [-0.39, 0.29) is 12.5 Å². The van der Waals surface area contributed by atoms with E-state index in [0.717, 1.165) is 10.9 Å². The van der Waals surface area contributed by atoms with Crippen molar-refractivity contribution in [2.75, 3.05) is 33.4 Å². The molecule has 1 heterocycles. The van der Waals surface area contributed by atoms with E-state index >= 15 is 0 Å². The maximum atomic E-state index is 11.3. The lowest BCUT2D eigenvalue weighted by Crippen LogP contribution is -2.31. The fraction of sp³-hybridized carbons (Fsp3) is 0.400. The summed E-state index contributed by atoms with van der Waals surface area (Å²) in [6.07, 6.45) is 1.74. The van der Waals surface area contributed by atoms with Crippen molar-refractivity contribution in [3.8, 4) is 6.01 Å². The number of likely N-dealkylation sites (N-methyl/N-ethyl adjacent to an activating group) is 1. The van der Waals surface area contributed by atoms with Gasteiger partial charge in [-0.25, -0.2) is 4.98 Å². The molecule has 0 saturated carbocycles. The number of hydrogen-bond donors (Lipinski definition) is 0. The number of aromatic nitrogens is 2. The summed E-state index contributed by atoms with van der Waals surface area (Å²) >= 11 is 0. The fourth-order valence-corrected chi connectivity index (χ4v) is 1.82. The van der Waals surface area contributed by atoms with E-state index in [1.807, 2.05) is 36.2 Å². The number of benzene rings is 1. The molecule has 2 rings (SSSR count). The summed E-state index contributed by atoms with van der Waals surface area (Å²) in [4.78, 5) is 21.6. The van der Waals surface area contributed by atoms with Crippen molar-refractivity contribution in [3.05, 3.63) is 30.5 Å². The Morgan fingerprint density at radius 2 is 2.14 bits per heavy atom. The molecule has 6 heteroatoms. The Morgan fingerprint density at radius 1 is 1.33 bits per heavy atom. The maximum Gasteiger partial charge on any atom is 0.320 e. The van der Waals surface area contributed by atoms with Crippen LogP contribution < -0.4 is 4.74 Å². The lowest BCUT2D eigenvalue weighted by molar-refractivity contribution is -0.144. The molecule has 1 aromatic carbocycles. The molecule has 1 aromatic heterocycles. The topological polar surface area (TPSA) is 64.5 Å². The predicted octanol–water partition coefficient (Wildman–Crippen LogP) is 1.50. The highest BCUT2D eigenvalue weighted by atomic mass is 16.5. The molecule has 2 aromatic rings. The molecule has 0 aliphatic carbocycles. The van der Waals surface area contributed by atoms with E-state index in [2.05, 4.69) is 9.97 Å². The minimum atomic E-state index is -0.234. The average molecular weight is 289 g/mol. The summed E-state index contributed by atoms with van der Waals surface area (Å²) < 4.78 is 10.4. The van der Waals surface area contributed by atoms with Crippen molar-refractivity contribution in [1.29, 1.82) is 0 Å². The van der Waals surface area contributed by atoms with Crippen molar-refractivity contribution in [3.63, 3.8) is 0 Å². The summed E-state index contributed by atoms with van der Waals surface area (Å²) in [5, 5.41) is 0.976. The lowest BCUT2D eigenvalue weighted by atomic mass is 10.2. The van der Waals surface area contributed by atoms with Gasteiger partial charge in [-0.3, -0.25) is 9.69 Å². The van der Waals surface area contributed by atoms with Crippen LogP contribution in [0.15, 0.2) is 30.5 Å². The predicted molar refractivity (Wildman–Crippen MR) is 79.2 cm³/mol.